The van der Waals surface area contributed by atoms with Crippen molar-refractivity contribution in [2.45, 2.75) is 45.6 Å². The van der Waals surface area contributed by atoms with E-state index >= 15 is 0 Å². The van der Waals surface area contributed by atoms with Crippen molar-refractivity contribution in [3.8, 4) is 10.4 Å². The molecule has 0 unspecified atom stereocenters. The summed E-state index contributed by atoms with van der Waals surface area (Å²) in [7, 11) is 4.27. The van der Waals surface area contributed by atoms with Crippen LogP contribution < -0.4 is 4.90 Å². The predicted octanol–water partition coefficient (Wildman–Crippen LogP) is 4.77. The third-order valence-corrected chi connectivity index (χ3v) is 7.70. The highest BCUT2D eigenvalue weighted by Gasteiger charge is 2.34. The first kappa shape index (κ1) is 19.5. The van der Waals surface area contributed by atoms with Crippen molar-refractivity contribution in [2.75, 3.05) is 32.1 Å². The Kier molecular flexibility index (Phi) is 5.00. The predicted molar refractivity (Wildman–Crippen MR) is 117 cm³/mol. The highest BCUT2D eigenvalue weighted by molar-refractivity contribution is 7.16. The van der Waals surface area contributed by atoms with E-state index in [1.54, 1.807) is 11.3 Å². The quantitative estimate of drug-likeness (QED) is 0.806. The zero-order chi connectivity index (χ0) is 20.1. The zero-order valence-electron chi connectivity index (χ0n) is 17.3. The molecule has 4 nitrogen and oxygen atoms in total. The number of anilines is 1. The lowest BCUT2D eigenvalue weighted by molar-refractivity contribution is 0.0696. The first-order chi connectivity index (χ1) is 13.3. The van der Waals surface area contributed by atoms with Crippen LogP contribution in [0.15, 0.2) is 24.3 Å². The number of aryl methyl sites for hydroxylation is 1. The molecule has 0 bridgehead atoms. The number of hydrogen-bond acceptors (Lipinski definition) is 4. The Morgan fingerprint density at radius 1 is 1.29 bits per heavy atom. The third-order valence-electron chi connectivity index (χ3n) is 6.37. The maximum Gasteiger partial charge on any atom is 0.337 e. The number of aromatic carboxylic acids is 1. The van der Waals surface area contributed by atoms with E-state index < -0.39 is 5.97 Å². The van der Waals surface area contributed by atoms with Crippen LogP contribution in [0.25, 0.3) is 10.4 Å². The van der Waals surface area contributed by atoms with Gasteiger partial charge < -0.3 is 14.9 Å². The molecule has 1 aliphatic carbocycles. The van der Waals surface area contributed by atoms with Gasteiger partial charge in [0.05, 0.1) is 10.4 Å². The van der Waals surface area contributed by atoms with Gasteiger partial charge in [0.15, 0.2) is 0 Å². The molecule has 1 aliphatic heterocycles. The van der Waals surface area contributed by atoms with Gasteiger partial charge in [-0.3, -0.25) is 0 Å². The Labute approximate surface area is 171 Å². The summed E-state index contributed by atoms with van der Waals surface area (Å²) in [5.74, 6) is -0.785. The number of likely N-dealkylation sites (N-methyl/N-ethyl adjacent to an activating group) is 1. The van der Waals surface area contributed by atoms with Crippen LogP contribution in [-0.2, 0) is 12.8 Å². The number of rotatable bonds is 4. The molecule has 28 heavy (non-hydrogen) atoms. The Morgan fingerprint density at radius 3 is 2.71 bits per heavy atom. The molecule has 0 spiro atoms. The lowest BCUT2D eigenvalue weighted by atomic mass is 9.76. The fraction of sp³-hybridized carbons (Fsp3) is 0.522. The van der Waals surface area contributed by atoms with Gasteiger partial charge in [-0.15, -0.1) is 11.3 Å². The van der Waals surface area contributed by atoms with Gasteiger partial charge in [-0.1, -0.05) is 32.0 Å². The third kappa shape index (κ3) is 3.46. The number of carboxylic acid groups (broad SMARTS) is 1. The van der Waals surface area contributed by atoms with Crippen LogP contribution in [-0.4, -0.2) is 49.2 Å². The molecule has 1 N–H and O–H groups in total. The molecule has 2 aromatic rings. The molecular formula is C23H30N2O2S. The van der Waals surface area contributed by atoms with Gasteiger partial charge in [-0.25, -0.2) is 4.79 Å². The number of fused-ring (bicyclic) bond motifs is 1. The second kappa shape index (κ2) is 7.20. The SMILES string of the molecule is CN(C)[C@@H]1CCN(c2ccccc2-c2sc3c(c2C(=O)O)CC(C)(C)CC3)C1. The maximum absolute atomic E-state index is 12.3. The van der Waals surface area contributed by atoms with Crippen LogP contribution in [0.1, 0.15) is 47.5 Å². The second-order valence-electron chi connectivity index (χ2n) is 9.22. The standard InChI is InChI=1S/C23H30N2O2S/c1-23(2)11-9-19-17(13-23)20(22(26)27)21(28-19)16-7-5-6-8-18(16)25-12-10-15(14-25)24(3)4/h5-8,15H,9-14H2,1-4H3,(H,26,27)/t15-/m1/s1. The van der Waals surface area contributed by atoms with Gasteiger partial charge in [0.2, 0.25) is 0 Å². The van der Waals surface area contributed by atoms with Gasteiger partial charge in [0.1, 0.15) is 0 Å². The summed E-state index contributed by atoms with van der Waals surface area (Å²) in [5.41, 5.74) is 4.04. The van der Waals surface area contributed by atoms with Crippen LogP contribution in [0.3, 0.4) is 0 Å². The van der Waals surface area contributed by atoms with Crippen LogP contribution in [0.5, 0.6) is 0 Å². The molecule has 1 atom stereocenters. The van der Waals surface area contributed by atoms with E-state index in [9.17, 15) is 9.90 Å². The number of carbonyl (C=O) groups is 1. The van der Waals surface area contributed by atoms with Crippen LogP contribution in [0.4, 0.5) is 5.69 Å². The van der Waals surface area contributed by atoms with Gasteiger partial charge in [0, 0.05) is 35.3 Å². The molecule has 0 saturated carbocycles. The minimum Gasteiger partial charge on any atom is -0.478 e. The summed E-state index contributed by atoms with van der Waals surface area (Å²) < 4.78 is 0. The molecule has 2 heterocycles. The average Bonchev–Trinajstić information content (AvgIpc) is 3.25. The number of para-hydroxylation sites is 1. The topological polar surface area (TPSA) is 43.8 Å². The fourth-order valence-corrected chi connectivity index (χ4v) is 6.00. The molecule has 5 heteroatoms. The Morgan fingerprint density at radius 2 is 2.04 bits per heavy atom. The van der Waals surface area contributed by atoms with Gasteiger partial charge in [-0.2, -0.15) is 0 Å². The zero-order valence-corrected chi connectivity index (χ0v) is 18.1. The summed E-state index contributed by atoms with van der Waals surface area (Å²) in [6.45, 7) is 6.50. The van der Waals surface area contributed by atoms with Gasteiger partial charge >= 0.3 is 5.97 Å². The Balaban J connectivity index is 1.79. The minimum atomic E-state index is -0.785. The summed E-state index contributed by atoms with van der Waals surface area (Å²) in [6, 6.07) is 8.91. The lowest BCUT2D eigenvalue weighted by Gasteiger charge is -2.29. The molecule has 150 valence electrons. The van der Waals surface area contributed by atoms with Crippen molar-refractivity contribution >= 4 is 23.0 Å². The highest BCUT2D eigenvalue weighted by atomic mass is 32.1. The smallest absolute Gasteiger partial charge is 0.337 e. The minimum absolute atomic E-state index is 0.170. The molecule has 0 radical (unpaired) electrons. The largest absolute Gasteiger partial charge is 0.478 e. The Bertz CT molecular complexity index is 900. The van der Waals surface area contributed by atoms with Crippen molar-refractivity contribution in [1.82, 2.24) is 4.90 Å². The van der Waals surface area contributed by atoms with E-state index in [1.165, 1.54) is 10.6 Å². The molecule has 1 aromatic carbocycles. The molecule has 2 aliphatic rings. The van der Waals surface area contributed by atoms with E-state index in [1.807, 2.05) is 6.07 Å². The summed E-state index contributed by atoms with van der Waals surface area (Å²) in [4.78, 5) is 19.2. The molecule has 1 aromatic heterocycles. The number of thiophene rings is 1. The van der Waals surface area contributed by atoms with E-state index in [4.69, 9.17) is 0 Å². The van der Waals surface area contributed by atoms with Crippen molar-refractivity contribution in [3.05, 3.63) is 40.3 Å². The van der Waals surface area contributed by atoms with Crippen LogP contribution >= 0.6 is 11.3 Å². The van der Waals surface area contributed by atoms with Gasteiger partial charge in [-0.05, 0) is 56.8 Å². The average molecular weight is 399 g/mol. The maximum atomic E-state index is 12.3. The van der Waals surface area contributed by atoms with Crippen molar-refractivity contribution in [2.24, 2.45) is 5.41 Å². The Hall–Kier alpha value is -1.85. The fourth-order valence-electron chi connectivity index (χ4n) is 4.66. The van der Waals surface area contributed by atoms with E-state index in [0.717, 1.165) is 54.8 Å². The van der Waals surface area contributed by atoms with Crippen molar-refractivity contribution < 1.29 is 9.90 Å². The molecule has 0 amide bonds. The number of hydrogen-bond donors (Lipinski definition) is 1. The highest BCUT2D eigenvalue weighted by Crippen LogP contribution is 2.47. The first-order valence-corrected chi connectivity index (χ1v) is 11.0. The van der Waals surface area contributed by atoms with Crippen LogP contribution in [0.2, 0.25) is 0 Å². The van der Waals surface area contributed by atoms with E-state index in [2.05, 4.69) is 55.9 Å². The lowest BCUT2D eigenvalue weighted by Crippen LogP contribution is -2.31. The summed E-state index contributed by atoms with van der Waals surface area (Å²) in [5, 5.41) is 10.1. The normalized spacial score (nSPS) is 21.2. The second-order valence-corrected chi connectivity index (χ2v) is 10.3. The first-order valence-electron chi connectivity index (χ1n) is 10.2. The van der Waals surface area contributed by atoms with Crippen LogP contribution in [0, 0.1) is 5.41 Å². The van der Waals surface area contributed by atoms with Gasteiger partial charge in [0.25, 0.3) is 0 Å². The number of benzene rings is 1. The van der Waals surface area contributed by atoms with E-state index in [0.29, 0.717) is 11.6 Å². The van der Waals surface area contributed by atoms with Crippen molar-refractivity contribution in [3.63, 3.8) is 0 Å². The van der Waals surface area contributed by atoms with E-state index in [-0.39, 0.29) is 5.41 Å². The molecule has 4 rings (SSSR count). The summed E-state index contributed by atoms with van der Waals surface area (Å²) in [6.07, 6.45) is 4.11. The summed E-state index contributed by atoms with van der Waals surface area (Å²) >= 11 is 1.71. The monoisotopic (exact) mass is 398 g/mol. The number of nitrogens with zero attached hydrogens (tertiary/aromatic N) is 2. The molecule has 1 fully saturated rings. The molecule has 1 saturated heterocycles. The number of carboxylic acids is 1. The van der Waals surface area contributed by atoms with Crippen molar-refractivity contribution in [1.29, 1.82) is 0 Å². The molecular weight excluding hydrogens is 368 g/mol.